The smallest absolute Gasteiger partial charge is 0.231 e. The van der Waals surface area contributed by atoms with E-state index in [1.165, 1.54) is 4.90 Å². The maximum atomic E-state index is 11.8. The van der Waals surface area contributed by atoms with Crippen LogP contribution in [0.4, 0.5) is 5.13 Å². The number of carbonyl (C=O) groups excluding carboxylic acids is 1. The lowest BCUT2D eigenvalue weighted by Crippen LogP contribution is -2.34. The van der Waals surface area contributed by atoms with Crippen molar-refractivity contribution in [3.05, 3.63) is 11.1 Å². The quantitative estimate of drug-likeness (QED) is 0.764. The van der Waals surface area contributed by atoms with Crippen molar-refractivity contribution in [1.82, 2.24) is 9.88 Å². The van der Waals surface area contributed by atoms with Crippen molar-refractivity contribution in [3.63, 3.8) is 0 Å². The van der Waals surface area contributed by atoms with Gasteiger partial charge in [-0.1, -0.05) is 0 Å². The Labute approximate surface area is 116 Å². The van der Waals surface area contributed by atoms with E-state index >= 15 is 0 Å². The van der Waals surface area contributed by atoms with Gasteiger partial charge in [-0.25, -0.2) is 13.4 Å². The monoisotopic (exact) mass is 307 g/mol. The molecule has 0 radical (unpaired) electrons. The molecule has 19 heavy (non-hydrogen) atoms. The molecule has 0 saturated heterocycles. The summed E-state index contributed by atoms with van der Waals surface area (Å²) in [5, 5.41) is 11.1. The van der Waals surface area contributed by atoms with Gasteiger partial charge >= 0.3 is 0 Å². The molecule has 1 unspecified atom stereocenters. The highest BCUT2D eigenvalue weighted by Crippen LogP contribution is 2.17. The third-order valence-corrected chi connectivity index (χ3v) is 3.62. The van der Waals surface area contributed by atoms with Crippen LogP contribution in [0.15, 0.2) is 5.38 Å². The molecule has 2 N–H and O–H groups in total. The van der Waals surface area contributed by atoms with Crippen LogP contribution in [-0.2, 0) is 21.2 Å². The normalized spacial score (nSPS) is 13.1. The molecule has 0 aliphatic rings. The second kappa shape index (κ2) is 6.31. The first kappa shape index (κ1) is 15.9. The summed E-state index contributed by atoms with van der Waals surface area (Å²) in [7, 11) is -1.76. The number of aromatic nitrogens is 1. The Hall–Kier alpha value is -1.19. The first-order valence-corrected chi connectivity index (χ1v) is 8.28. The molecule has 108 valence electrons. The lowest BCUT2D eigenvalue weighted by Gasteiger charge is -2.18. The Balaban J connectivity index is 2.61. The summed E-state index contributed by atoms with van der Waals surface area (Å²) in [6.07, 6.45) is 0.521. The number of rotatable bonds is 6. The number of hydrogen-bond donors (Lipinski definition) is 2. The average Bonchev–Trinajstić information content (AvgIpc) is 2.61. The van der Waals surface area contributed by atoms with E-state index in [-0.39, 0.29) is 24.0 Å². The molecule has 7 nitrogen and oxygen atoms in total. The Morgan fingerprint density at radius 1 is 1.63 bits per heavy atom. The van der Waals surface area contributed by atoms with Gasteiger partial charge in [0, 0.05) is 19.0 Å². The minimum absolute atomic E-state index is 0.0746. The van der Waals surface area contributed by atoms with Gasteiger partial charge < -0.3 is 10.0 Å². The lowest BCUT2D eigenvalue weighted by atomic mass is 10.3. The zero-order valence-electron chi connectivity index (χ0n) is 11.0. The fourth-order valence-corrected chi connectivity index (χ4v) is 2.94. The van der Waals surface area contributed by atoms with E-state index in [2.05, 4.69) is 9.71 Å². The van der Waals surface area contributed by atoms with E-state index in [9.17, 15) is 18.3 Å². The molecule has 0 aliphatic carbocycles. The van der Waals surface area contributed by atoms with Crippen LogP contribution in [0.3, 0.4) is 0 Å². The number of amides is 1. The highest BCUT2D eigenvalue weighted by molar-refractivity contribution is 7.92. The van der Waals surface area contributed by atoms with Gasteiger partial charge in [-0.05, 0) is 6.92 Å². The maximum Gasteiger partial charge on any atom is 0.231 e. The summed E-state index contributed by atoms with van der Waals surface area (Å²) in [6, 6.07) is 0. The zero-order chi connectivity index (χ0) is 14.6. The van der Waals surface area contributed by atoms with Crippen LogP contribution in [-0.4, -0.2) is 55.3 Å². The highest BCUT2D eigenvalue weighted by atomic mass is 32.2. The maximum absolute atomic E-state index is 11.8. The third kappa shape index (κ3) is 5.99. The molecule has 0 aliphatic heterocycles. The van der Waals surface area contributed by atoms with Crippen molar-refractivity contribution >= 4 is 32.4 Å². The van der Waals surface area contributed by atoms with Crippen LogP contribution in [0.5, 0.6) is 0 Å². The number of hydrogen-bond acceptors (Lipinski definition) is 6. The van der Waals surface area contributed by atoms with E-state index in [0.717, 1.165) is 17.6 Å². The highest BCUT2D eigenvalue weighted by Gasteiger charge is 2.14. The van der Waals surface area contributed by atoms with Crippen molar-refractivity contribution < 1.29 is 18.3 Å². The van der Waals surface area contributed by atoms with Crippen LogP contribution >= 0.6 is 11.3 Å². The fraction of sp³-hybridized carbons (Fsp3) is 0.600. The van der Waals surface area contributed by atoms with E-state index in [1.807, 2.05) is 0 Å². The van der Waals surface area contributed by atoms with Gasteiger partial charge in [-0.2, -0.15) is 0 Å². The third-order valence-electron chi connectivity index (χ3n) is 2.12. The molecule has 1 atom stereocenters. The number of carbonyl (C=O) groups is 1. The number of anilines is 1. The van der Waals surface area contributed by atoms with Gasteiger partial charge in [0.15, 0.2) is 5.13 Å². The van der Waals surface area contributed by atoms with Crippen molar-refractivity contribution in [1.29, 1.82) is 0 Å². The van der Waals surface area contributed by atoms with Gasteiger partial charge in [-0.3, -0.25) is 9.52 Å². The fourth-order valence-electron chi connectivity index (χ4n) is 1.38. The predicted molar refractivity (Wildman–Crippen MR) is 73.6 cm³/mol. The Bertz CT molecular complexity index is 539. The summed E-state index contributed by atoms with van der Waals surface area (Å²) >= 11 is 1.12. The van der Waals surface area contributed by atoms with E-state index < -0.39 is 16.1 Å². The minimum atomic E-state index is -3.36. The van der Waals surface area contributed by atoms with Gasteiger partial charge in [0.25, 0.3) is 0 Å². The molecule has 0 bridgehead atoms. The molecule has 1 heterocycles. The summed E-state index contributed by atoms with van der Waals surface area (Å²) in [4.78, 5) is 17.2. The van der Waals surface area contributed by atoms with Crippen molar-refractivity contribution in [2.75, 3.05) is 24.6 Å². The molecule has 0 spiro atoms. The standard InChI is InChI=1S/C10H17N3O4S2/c1-7(14)5-13(2)9(15)4-8-6-18-10(11-8)12-19(3,16)17/h6-7,14H,4-5H2,1-3H3,(H,11,12). The number of aliphatic hydroxyl groups excluding tert-OH is 1. The molecular weight excluding hydrogens is 290 g/mol. The summed E-state index contributed by atoms with van der Waals surface area (Å²) in [5.41, 5.74) is 0.499. The lowest BCUT2D eigenvalue weighted by molar-refractivity contribution is -0.130. The molecule has 9 heteroatoms. The number of aliphatic hydroxyl groups is 1. The number of thiazole rings is 1. The molecule has 1 rings (SSSR count). The number of nitrogens with one attached hydrogen (secondary N) is 1. The molecule has 1 aromatic rings. The molecule has 0 aromatic carbocycles. The first-order valence-electron chi connectivity index (χ1n) is 5.51. The summed E-state index contributed by atoms with van der Waals surface area (Å²) in [5.74, 6) is -0.183. The second-order valence-corrected chi connectivity index (χ2v) is 6.92. The molecular formula is C10H17N3O4S2. The van der Waals surface area contributed by atoms with Crippen molar-refractivity contribution in [2.24, 2.45) is 0 Å². The van der Waals surface area contributed by atoms with Crippen LogP contribution in [0.25, 0.3) is 0 Å². The van der Waals surface area contributed by atoms with Crippen molar-refractivity contribution in [2.45, 2.75) is 19.4 Å². The largest absolute Gasteiger partial charge is 0.392 e. The Morgan fingerprint density at radius 3 is 2.79 bits per heavy atom. The van der Waals surface area contributed by atoms with Crippen LogP contribution in [0, 0.1) is 0 Å². The molecule has 0 fully saturated rings. The average molecular weight is 307 g/mol. The van der Waals surface area contributed by atoms with E-state index in [1.54, 1.807) is 19.4 Å². The molecule has 0 saturated carbocycles. The van der Waals surface area contributed by atoms with Crippen molar-refractivity contribution in [3.8, 4) is 0 Å². The zero-order valence-corrected chi connectivity index (χ0v) is 12.6. The second-order valence-electron chi connectivity index (χ2n) is 4.32. The molecule has 1 amide bonds. The first-order chi connectivity index (χ1) is 8.67. The Kier molecular flexibility index (Phi) is 5.27. The van der Waals surface area contributed by atoms with Gasteiger partial charge in [0.2, 0.25) is 15.9 Å². The minimum Gasteiger partial charge on any atom is -0.392 e. The van der Waals surface area contributed by atoms with Gasteiger partial charge in [0.05, 0.1) is 24.5 Å². The van der Waals surface area contributed by atoms with E-state index in [4.69, 9.17) is 0 Å². The molecule has 1 aromatic heterocycles. The topological polar surface area (TPSA) is 99.6 Å². The SMILES string of the molecule is CC(O)CN(C)C(=O)Cc1csc(NS(C)(=O)=O)n1. The predicted octanol–water partition coefficient (Wildman–Crippen LogP) is -0.104. The van der Waals surface area contributed by atoms with Crippen LogP contribution in [0.2, 0.25) is 0 Å². The van der Waals surface area contributed by atoms with E-state index in [0.29, 0.717) is 5.69 Å². The van der Waals surface area contributed by atoms with Crippen LogP contribution in [0.1, 0.15) is 12.6 Å². The summed E-state index contributed by atoms with van der Waals surface area (Å²) in [6.45, 7) is 1.85. The number of sulfonamides is 1. The Morgan fingerprint density at radius 2 is 2.26 bits per heavy atom. The number of likely N-dealkylation sites (N-methyl/N-ethyl adjacent to an activating group) is 1. The number of nitrogens with zero attached hydrogens (tertiary/aromatic N) is 2. The summed E-state index contributed by atoms with van der Waals surface area (Å²) < 4.78 is 24.3. The van der Waals surface area contributed by atoms with Gasteiger partial charge in [-0.15, -0.1) is 11.3 Å². The van der Waals surface area contributed by atoms with Gasteiger partial charge in [0.1, 0.15) is 0 Å². The van der Waals surface area contributed by atoms with Crippen LogP contribution < -0.4 is 4.72 Å².